The molecule has 3 rings (SSSR count). The zero-order valence-electron chi connectivity index (χ0n) is 15.6. The lowest BCUT2D eigenvalue weighted by Gasteiger charge is -2.29. The van der Waals surface area contributed by atoms with Gasteiger partial charge in [0.1, 0.15) is 5.75 Å². The first kappa shape index (κ1) is 22.3. The maximum atomic E-state index is 12.0. The van der Waals surface area contributed by atoms with Crippen molar-refractivity contribution < 1.29 is 37.6 Å². The predicted octanol–water partition coefficient (Wildman–Crippen LogP) is 1.50. The highest BCUT2D eigenvalue weighted by Crippen LogP contribution is 2.33. The van der Waals surface area contributed by atoms with Crippen LogP contribution in [0.15, 0.2) is 30.5 Å². The van der Waals surface area contributed by atoms with Gasteiger partial charge in [0, 0.05) is 29.3 Å². The lowest BCUT2D eigenvalue weighted by atomic mass is 9.82. The average Bonchev–Trinajstić information content (AvgIpc) is 2.68. The van der Waals surface area contributed by atoms with Crippen LogP contribution in [0.1, 0.15) is 55.7 Å². The van der Waals surface area contributed by atoms with Crippen molar-refractivity contribution in [1.29, 1.82) is 0 Å². The molecule has 1 aliphatic rings. The Bertz CT molecular complexity index is 1090. The van der Waals surface area contributed by atoms with Gasteiger partial charge in [-0.3, -0.25) is 23.9 Å². The van der Waals surface area contributed by atoms with Gasteiger partial charge in [-0.1, -0.05) is 24.3 Å². The highest BCUT2D eigenvalue weighted by Gasteiger charge is 2.51. The quantitative estimate of drug-likeness (QED) is 0.493. The van der Waals surface area contributed by atoms with Crippen molar-refractivity contribution in [2.45, 2.75) is 31.6 Å². The number of Topliss-reactive ketones (excluding diaryl/α,β-unsaturated/α-hetero) is 2. The van der Waals surface area contributed by atoms with Gasteiger partial charge < -0.3 is 10.2 Å². The molecule has 0 fully saturated rings. The molecule has 9 nitrogen and oxygen atoms in total. The molecule has 0 saturated heterocycles. The summed E-state index contributed by atoms with van der Waals surface area (Å²) < 4.78 is 29.6. The van der Waals surface area contributed by atoms with Gasteiger partial charge in [0.25, 0.3) is 10.1 Å². The number of aldehydes is 1. The van der Waals surface area contributed by atoms with E-state index in [1.807, 2.05) is 0 Å². The van der Waals surface area contributed by atoms with Crippen LogP contribution < -0.4 is 0 Å². The Morgan fingerprint density at radius 1 is 1.21 bits per heavy atom. The maximum Gasteiger partial charge on any atom is 0.278 e. The summed E-state index contributed by atoms with van der Waals surface area (Å²) in [5.41, 5.74) is 1.09. The van der Waals surface area contributed by atoms with E-state index in [9.17, 15) is 27.9 Å². The normalized spacial score (nSPS) is 18.5. The molecule has 1 aromatic heterocycles. The average molecular weight is 421 g/mol. The number of aliphatic hydroxyl groups is 1. The number of ketones is 2. The van der Waals surface area contributed by atoms with Gasteiger partial charge in [0.15, 0.2) is 22.6 Å². The van der Waals surface area contributed by atoms with E-state index in [0.717, 1.165) is 6.92 Å². The van der Waals surface area contributed by atoms with Gasteiger partial charge in [0.2, 0.25) is 0 Å². The van der Waals surface area contributed by atoms with Crippen LogP contribution in [-0.4, -0.2) is 50.8 Å². The third-order valence-electron chi connectivity index (χ3n) is 4.67. The second-order valence-corrected chi connectivity index (χ2v) is 8.44. The maximum absolute atomic E-state index is 12.0. The zero-order valence-corrected chi connectivity index (χ0v) is 16.4. The SMILES string of the molecule is CC1(S(=O)(=O)O)CC(=O)c2ccccc2C1=O.Cc1ncc(CO)c(C=O)c1O. The second-order valence-electron chi connectivity index (χ2n) is 6.59. The number of aryl methyl sites for hydroxylation is 1. The van der Waals surface area contributed by atoms with Crippen molar-refractivity contribution in [2.75, 3.05) is 0 Å². The van der Waals surface area contributed by atoms with Crippen molar-refractivity contribution in [3.8, 4) is 5.75 Å². The number of benzene rings is 1. The van der Waals surface area contributed by atoms with Crippen molar-refractivity contribution in [2.24, 2.45) is 0 Å². The number of carbonyl (C=O) groups is 3. The molecule has 3 N–H and O–H groups in total. The van der Waals surface area contributed by atoms with E-state index in [0.29, 0.717) is 17.5 Å². The molecule has 1 aliphatic carbocycles. The fourth-order valence-corrected chi connectivity index (χ4v) is 3.47. The molecule has 0 bridgehead atoms. The fraction of sp³-hybridized carbons (Fsp3) is 0.263. The monoisotopic (exact) mass is 421 g/mol. The van der Waals surface area contributed by atoms with Crippen LogP contribution in [0.3, 0.4) is 0 Å². The largest absolute Gasteiger partial charge is 0.505 e. The molecule has 1 atom stereocenters. The summed E-state index contributed by atoms with van der Waals surface area (Å²) in [7, 11) is -4.62. The van der Waals surface area contributed by atoms with E-state index >= 15 is 0 Å². The third-order valence-corrected chi connectivity index (χ3v) is 6.13. The predicted molar refractivity (Wildman–Crippen MR) is 102 cm³/mol. The van der Waals surface area contributed by atoms with E-state index in [4.69, 9.17) is 9.66 Å². The van der Waals surface area contributed by atoms with Crippen LogP contribution in [0.5, 0.6) is 5.75 Å². The minimum atomic E-state index is -4.62. The van der Waals surface area contributed by atoms with Crippen LogP contribution in [-0.2, 0) is 16.7 Å². The number of hydrogen-bond acceptors (Lipinski definition) is 8. The van der Waals surface area contributed by atoms with Crippen LogP contribution in [0, 0.1) is 6.92 Å². The number of nitrogens with zero attached hydrogens (tertiary/aromatic N) is 1. The smallest absolute Gasteiger partial charge is 0.278 e. The molecule has 0 spiro atoms. The lowest BCUT2D eigenvalue weighted by Crippen LogP contribution is -2.48. The number of aliphatic hydroxyl groups excluding tert-OH is 1. The number of aromatic nitrogens is 1. The number of rotatable bonds is 3. The topological polar surface area (TPSA) is 159 Å². The van der Waals surface area contributed by atoms with E-state index in [1.54, 1.807) is 19.1 Å². The number of hydrogen-bond donors (Lipinski definition) is 3. The molecule has 1 unspecified atom stereocenters. The first-order valence-corrected chi connectivity index (χ1v) is 9.79. The summed E-state index contributed by atoms with van der Waals surface area (Å²) in [4.78, 5) is 38.1. The molecule has 0 amide bonds. The van der Waals surface area contributed by atoms with Crippen LogP contribution >= 0.6 is 0 Å². The van der Waals surface area contributed by atoms with Gasteiger partial charge >= 0.3 is 0 Å². The number of pyridine rings is 1. The summed E-state index contributed by atoms with van der Waals surface area (Å²) in [6.45, 7) is 2.36. The highest BCUT2D eigenvalue weighted by atomic mass is 32.2. The number of carbonyl (C=O) groups excluding carboxylic acids is 3. The summed E-state index contributed by atoms with van der Waals surface area (Å²) in [6, 6.07) is 6.00. The second kappa shape index (κ2) is 8.19. The highest BCUT2D eigenvalue weighted by molar-refractivity contribution is 7.88. The molecule has 0 aliphatic heterocycles. The molecule has 2 aromatic rings. The van der Waals surface area contributed by atoms with E-state index < -0.39 is 32.9 Å². The van der Waals surface area contributed by atoms with Gasteiger partial charge in [-0.15, -0.1) is 0 Å². The molecule has 29 heavy (non-hydrogen) atoms. The number of aromatic hydroxyl groups is 1. The van der Waals surface area contributed by atoms with Crippen LogP contribution in [0.4, 0.5) is 0 Å². The Hall–Kier alpha value is -2.95. The lowest BCUT2D eigenvalue weighted by molar-refractivity contribution is 0.0846. The molecule has 0 radical (unpaired) electrons. The van der Waals surface area contributed by atoms with Gasteiger partial charge in [-0.05, 0) is 13.8 Å². The van der Waals surface area contributed by atoms with Crippen molar-refractivity contribution in [3.05, 3.63) is 58.4 Å². The molecule has 10 heteroatoms. The van der Waals surface area contributed by atoms with E-state index in [-0.39, 0.29) is 29.0 Å². The van der Waals surface area contributed by atoms with Crippen LogP contribution in [0.2, 0.25) is 0 Å². The van der Waals surface area contributed by atoms with Gasteiger partial charge in [-0.2, -0.15) is 8.42 Å². The Kier molecular flexibility index (Phi) is 6.31. The summed E-state index contributed by atoms with van der Waals surface area (Å²) in [6.07, 6.45) is 1.36. The molecule has 0 saturated carbocycles. The first-order chi connectivity index (χ1) is 13.5. The Morgan fingerprint density at radius 2 is 1.79 bits per heavy atom. The molecule has 154 valence electrons. The molecule has 1 heterocycles. The standard InChI is InChI=1S/C11H10O5S.C8H9NO3/c1-11(17(14,15)16)6-9(12)7-4-2-3-5-8(7)10(11)13;1-5-8(12)7(4-11)6(3-10)2-9-5/h2-5H,6H2,1H3,(H,14,15,16);2,4,10,12H,3H2,1H3. The molecular weight excluding hydrogens is 402 g/mol. The zero-order chi connectivity index (χ0) is 22.0. The summed E-state index contributed by atoms with van der Waals surface area (Å²) in [5.74, 6) is -1.35. The molecule has 1 aromatic carbocycles. The summed E-state index contributed by atoms with van der Waals surface area (Å²) in [5, 5.41) is 18.1. The molecular formula is C19H19NO8S. The summed E-state index contributed by atoms with van der Waals surface area (Å²) >= 11 is 0. The van der Waals surface area contributed by atoms with Crippen molar-refractivity contribution in [1.82, 2.24) is 4.98 Å². The minimum Gasteiger partial charge on any atom is -0.505 e. The van der Waals surface area contributed by atoms with E-state index in [1.165, 1.54) is 18.3 Å². The van der Waals surface area contributed by atoms with Gasteiger partial charge in [-0.25, -0.2) is 0 Å². The van der Waals surface area contributed by atoms with Crippen LogP contribution in [0.25, 0.3) is 0 Å². The number of fused-ring (bicyclic) bond motifs is 1. The van der Waals surface area contributed by atoms with Crippen molar-refractivity contribution in [3.63, 3.8) is 0 Å². The minimum absolute atomic E-state index is 0.0453. The van der Waals surface area contributed by atoms with Gasteiger partial charge in [0.05, 0.1) is 17.9 Å². The first-order valence-electron chi connectivity index (χ1n) is 8.35. The Labute approximate surface area is 166 Å². The van der Waals surface area contributed by atoms with Crippen molar-refractivity contribution >= 4 is 28.0 Å². The Balaban J connectivity index is 0.000000221. The fourth-order valence-electron chi connectivity index (χ4n) is 2.81. The third kappa shape index (κ3) is 4.09. The Morgan fingerprint density at radius 3 is 2.31 bits per heavy atom. The van der Waals surface area contributed by atoms with E-state index in [2.05, 4.69) is 4.98 Å².